The van der Waals surface area contributed by atoms with E-state index < -0.39 is 72.6 Å². The molecule has 10 N–H and O–H groups in total. The van der Waals surface area contributed by atoms with E-state index in [0.29, 0.717) is 11.4 Å². The molecule has 4 amide bonds. The van der Waals surface area contributed by atoms with E-state index in [0.717, 1.165) is 0 Å². The Morgan fingerprint density at radius 1 is 1.00 bits per heavy atom. The van der Waals surface area contributed by atoms with Crippen molar-refractivity contribution in [1.29, 1.82) is 0 Å². The summed E-state index contributed by atoms with van der Waals surface area (Å²) in [5.74, 6) is -5.97. The Kier molecular flexibility index (Phi) is 12.2. The first kappa shape index (κ1) is 29.4. The Bertz CT molecular complexity index is 911. The van der Waals surface area contributed by atoms with Crippen molar-refractivity contribution in [3.8, 4) is 0 Å². The van der Waals surface area contributed by atoms with Gasteiger partial charge in [0.2, 0.25) is 23.6 Å². The molecule has 15 nitrogen and oxygen atoms in total. The minimum atomic E-state index is -1.54. The lowest BCUT2D eigenvalue weighted by Gasteiger charge is -2.24. The zero-order chi connectivity index (χ0) is 26.5. The highest BCUT2D eigenvalue weighted by molar-refractivity contribution is 7.98. The van der Waals surface area contributed by atoms with Gasteiger partial charge in [0.15, 0.2) is 0 Å². The number of aromatic nitrogens is 2. The molecule has 16 heteroatoms. The summed E-state index contributed by atoms with van der Waals surface area (Å²) in [6.07, 6.45) is 3.16. The smallest absolute Gasteiger partial charge is 0.326 e. The number of hydrogen-bond acceptors (Lipinski definition) is 9. The number of carboxylic acids is 2. The average molecular weight is 516 g/mol. The number of nitrogens with zero attached hydrogens (tertiary/aromatic N) is 1. The molecule has 1 aromatic heterocycles. The van der Waals surface area contributed by atoms with E-state index in [4.69, 9.17) is 16.6 Å². The molecule has 0 aliphatic heterocycles. The van der Waals surface area contributed by atoms with Gasteiger partial charge in [0.25, 0.3) is 0 Å². The number of hydrogen-bond donors (Lipinski definition) is 8. The number of thioether (sulfide) groups is 1. The number of primary amides is 1. The third-order valence-electron chi connectivity index (χ3n) is 4.61. The van der Waals surface area contributed by atoms with E-state index in [9.17, 15) is 33.9 Å². The van der Waals surface area contributed by atoms with E-state index in [2.05, 4.69) is 25.9 Å². The van der Waals surface area contributed by atoms with Crippen molar-refractivity contribution in [1.82, 2.24) is 25.9 Å². The molecule has 194 valence electrons. The van der Waals surface area contributed by atoms with Gasteiger partial charge in [-0.15, -0.1) is 0 Å². The van der Waals surface area contributed by atoms with Gasteiger partial charge in [0.1, 0.15) is 18.1 Å². The number of aromatic amines is 1. The number of amides is 4. The second-order valence-electron chi connectivity index (χ2n) is 7.46. The van der Waals surface area contributed by atoms with Crippen LogP contribution in [0.5, 0.6) is 0 Å². The highest BCUT2D eigenvalue weighted by Crippen LogP contribution is 2.06. The monoisotopic (exact) mass is 515 g/mol. The summed E-state index contributed by atoms with van der Waals surface area (Å²) in [5.41, 5.74) is 11.1. The van der Waals surface area contributed by atoms with Gasteiger partial charge in [-0.25, -0.2) is 9.78 Å². The topological polar surface area (TPSA) is 260 Å². The standard InChI is InChI=1S/C19H29N7O8S/c1-35-3-2-11(17(31)26-13(19(33)34)4-9-7-22-8-23-9)24-18(32)12(6-14(21)27)25-16(30)10(20)5-15(28)29/h7-8,10-13H,2-6,20H2,1H3,(H2,21,27)(H,22,23)(H,24,32)(H,25,30)(H,26,31)(H,28,29)(H,33,34). The highest BCUT2D eigenvalue weighted by atomic mass is 32.2. The Hall–Kier alpha value is -3.66. The van der Waals surface area contributed by atoms with Crippen LogP contribution in [-0.2, 0) is 35.2 Å². The number of nitrogens with one attached hydrogen (secondary N) is 4. The van der Waals surface area contributed by atoms with Crippen LogP contribution in [-0.4, -0.2) is 91.9 Å². The van der Waals surface area contributed by atoms with Crippen molar-refractivity contribution in [3.63, 3.8) is 0 Å². The van der Waals surface area contributed by atoms with Gasteiger partial charge >= 0.3 is 11.9 Å². The largest absolute Gasteiger partial charge is 0.481 e. The van der Waals surface area contributed by atoms with Crippen LogP contribution >= 0.6 is 11.8 Å². The minimum absolute atomic E-state index is 0.0912. The van der Waals surface area contributed by atoms with Crippen LogP contribution in [0.25, 0.3) is 0 Å². The van der Waals surface area contributed by atoms with E-state index >= 15 is 0 Å². The maximum Gasteiger partial charge on any atom is 0.326 e. The molecule has 1 aromatic rings. The number of rotatable bonds is 16. The molecule has 0 saturated carbocycles. The van der Waals surface area contributed by atoms with Crippen molar-refractivity contribution in [2.24, 2.45) is 11.5 Å². The van der Waals surface area contributed by atoms with Crippen molar-refractivity contribution in [2.75, 3.05) is 12.0 Å². The molecule has 0 saturated heterocycles. The lowest BCUT2D eigenvalue weighted by atomic mass is 10.1. The fourth-order valence-electron chi connectivity index (χ4n) is 2.84. The van der Waals surface area contributed by atoms with Crippen LogP contribution in [0.4, 0.5) is 0 Å². The predicted octanol–water partition coefficient (Wildman–Crippen LogP) is -3.08. The van der Waals surface area contributed by atoms with Gasteiger partial charge in [-0.3, -0.25) is 24.0 Å². The van der Waals surface area contributed by atoms with Crippen LogP contribution < -0.4 is 27.4 Å². The van der Waals surface area contributed by atoms with E-state index in [1.54, 1.807) is 6.26 Å². The normalized spacial score (nSPS) is 14.1. The molecule has 0 aliphatic rings. The summed E-state index contributed by atoms with van der Waals surface area (Å²) in [6, 6.07) is -5.57. The Balaban J connectivity index is 2.96. The highest BCUT2D eigenvalue weighted by Gasteiger charge is 2.31. The quantitative estimate of drug-likeness (QED) is 0.109. The first-order valence-corrected chi connectivity index (χ1v) is 11.7. The van der Waals surface area contributed by atoms with Gasteiger partial charge in [0, 0.05) is 18.3 Å². The molecular formula is C19H29N7O8S. The Morgan fingerprint density at radius 2 is 1.60 bits per heavy atom. The molecule has 35 heavy (non-hydrogen) atoms. The van der Waals surface area contributed by atoms with Gasteiger partial charge < -0.3 is 42.6 Å². The Morgan fingerprint density at radius 3 is 2.11 bits per heavy atom. The zero-order valence-electron chi connectivity index (χ0n) is 18.9. The van der Waals surface area contributed by atoms with Crippen molar-refractivity contribution >= 4 is 47.3 Å². The lowest BCUT2D eigenvalue weighted by Crippen LogP contribution is -2.58. The van der Waals surface area contributed by atoms with Crippen LogP contribution in [0.2, 0.25) is 0 Å². The maximum absolute atomic E-state index is 12.8. The average Bonchev–Trinajstić information content (AvgIpc) is 3.27. The number of carbonyl (C=O) groups excluding carboxylic acids is 4. The molecular weight excluding hydrogens is 486 g/mol. The molecule has 1 rings (SSSR count). The van der Waals surface area contributed by atoms with Crippen LogP contribution in [0.1, 0.15) is 25.0 Å². The number of H-pyrrole nitrogens is 1. The summed E-state index contributed by atoms with van der Waals surface area (Å²) in [5, 5.41) is 25.1. The molecule has 0 spiro atoms. The number of aliphatic carboxylic acids is 2. The van der Waals surface area contributed by atoms with Crippen molar-refractivity contribution < 1.29 is 39.0 Å². The first-order chi connectivity index (χ1) is 16.4. The zero-order valence-corrected chi connectivity index (χ0v) is 19.7. The van der Waals surface area contributed by atoms with Crippen molar-refractivity contribution in [3.05, 3.63) is 18.2 Å². The van der Waals surface area contributed by atoms with Crippen molar-refractivity contribution in [2.45, 2.75) is 49.9 Å². The second-order valence-corrected chi connectivity index (χ2v) is 8.44. The van der Waals surface area contributed by atoms with E-state index in [1.165, 1.54) is 24.3 Å². The summed E-state index contributed by atoms with van der Waals surface area (Å²) in [4.78, 5) is 78.1. The maximum atomic E-state index is 12.8. The van der Waals surface area contributed by atoms with Gasteiger partial charge in [0.05, 0.1) is 25.2 Å². The molecule has 0 fully saturated rings. The summed E-state index contributed by atoms with van der Waals surface area (Å²) in [6.45, 7) is 0. The molecule has 0 aliphatic carbocycles. The second kappa shape index (κ2) is 14.6. The number of carboxylic acid groups (broad SMARTS) is 2. The van der Waals surface area contributed by atoms with Crippen LogP contribution in [0, 0.1) is 0 Å². The summed E-state index contributed by atoms with van der Waals surface area (Å²) >= 11 is 1.37. The summed E-state index contributed by atoms with van der Waals surface area (Å²) in [7, 11) is 0. The van der Waals surface area contributed by atoms with Crippen LogP contribution in [0.15, 0.2) is 12.5 Å². The fourth-order valence-corrected chi connectivity index (χ4v) is 3.31. The molecule has 4 unspecified atom stereocenters. The van der Waals surface area contributed by atoms with Gasteiger partial charge in [-0.05, 0) is 18.4 Å². The van der Waals surface area contributed by atoms with E-state index in [-0.39, 0.29) is 12.8 Å². The number of nitrogens with two attached hydrogens (primary N) is 2. The molecule has 1 heterocycles. The van der Waals surface area contributed by atoms with E-state index in [1.807, 2.05) is 0 Å². The lowest BCUT2D eigenvalue weighted by molar-refractivity contribution is -0.142. The minimum Gasteiger partial charge on any atom is -0.481 e. The number of imidazole rings is 1. The predicted molar refractivity (Wildman–Crippen MR) is 123 cm³/mol. The Labute approximate surface area is 204 Å². The van der Waals surface area contributed by atoms with Gasteiger partial charge in [-0.2, -0.15) is 11.8 Å². The number of carbonyl (C=O) groups is 6. The third kappa shape index (κ3) is 10.9. The molecule has 0 radical (unpaired) electrons. The molecule has 0 bridgehead atoms. The SMILES string of the molecule is CSCCC(NC(=O)C(CC(N)=O)NC(=O)C(N)CC(=O)O)C(=O)NC(Cc1cnc[nH]1)C(=O)O. The fraction of sp³-hybridized carbons (Fsp3) is 0.526. The first-order valence-electron chi connectivity index (χ1n) is 10.3. The molecule has 4 atom stereocenters. The van der Waals surface area contributed by atoms with Gasteiger partial charge in [-0.1, -0.05) is 0 Å². The molecule has 0 aromatic carbocycles. The summed E-state index contributed by atoms with van der Waals surface area (Å²) < 4.78 is 0. The third-order valence-corrected chi connectivity index (χ3v) is 5.25. The van der Waals surface area contributed by atoms with Crippen LogP contribution in [0.3, 0.4) is 0 Å².